The van der Waals surface area contributed by atoms with Crippen molar-refractivity contribution in [1.82, 2.24) is 0 Å². The smallest absolute Gasteiger partial charge is 0.292 e. The molecule has 2 rings (SSSR count). The maximum atomic E-state index is 11.1. The van der Waals surface area contributed by atoms with Crippen LogP contribution in [0.5, 0.6) is 0 Å². The molecule has 8 nitrogen and oxygen atoms in total. The molecule has 0 aliphatic heterocycles. The summed E-state index contributed by atoms with van der Waals surface area (Å²) in [6.07, 6.45) is 0. The average Bonchev–Trinajstić information content (AvgIpc) is 2.49. The molecule has 9 heteroatoms. The van der Waals surface area contributed by atoms with Gasteiger partial charge in [0, 0.05) is 12.1 Å². The summed E-state index contributed by atoms with van der Waals surface area (Å²) in [5.74, 6) is 0. The number of nitro groups is 2. The minimum Gasteiger partial charge on any atom is -0.327 e. The first-order valence-corrected chi connectivity index (χ1v) is 6.86. The number of nitrogens with one attached hydrogen (secondary N) is 2. The van der Waals surface area contributed by atoms with Gasteiger partial charge < -0.3 is 10.6 Å². The maximum Gasteiger partial charge on any atom is 0.292 e. The van der Waals surface area contributed by atoms with Crippen LogP contribution in [0.3, 0.4) is 0 Å². The molecule has 2 N–H and O–H groups in total. The molecule has 0 aliphatic rings. The summed E-state index contributed by atoms with van der Waals surface area (Å²) >= 11 is 5.08. The molecule has 0 atom stereocenters. The summed E-state index contributed by atoms with van der Waals surface area (Å²) in [6.45, 7) is 1.74. The summed E-state index contributed by atoms with van der Waals surface area (Å²) in [7, 11) is 0. The lowest BCUT2D eigenvalue weighted by molar-refractivity contribution is -0.384. The predicted octanol–water partition coefficient (Wildman–Crippen LogP) is 3.62. The highest BCUT2D eigenvalue weighted by Crippen LogP contribution is 2.27. The van der Waals surface area contributed by atoms with Crippen LogP contribution >= 0.6 is 12.2 Å². The fraction of sp³-hybridized carbons (Fsp3) is 0.0714. The molecule has 0 bridgehead atoms. The molecule has 2 aromatic carbocycles. The van der Waals surface area contributed by atoms with Crippen LogP contribution < -0.4 is 10.6 Å². The van der Waals surface area contributed by atoms with Crippen molar-refractivity contribution in [2.24, 2.45) is 0 Å². The summed E-state index contributed by atoms with van der Waals surface area (Å²) in [5, 5.41) is 27.4. The highest BCUT2D eigenvalue weighted by atomic mass is 32.1. The zero-order chi connectivity index (χ0) is 17.0. The lowest BCUT2D eigenvalue weighted by Gasteiger charge is -2.11. The normalized spacial score (nSPS) is 9.96. The minimum absolute atomic E-state index is 0.0197. The van der Waals surface area contributed by atoms with Crippen molar-refractivity contribution in [2.75, 3.05) is 10.6 Å². The standard InChI is InChI=1S/C14H12N4O4S/c1-9-6-7-11(13(8-9)18(21)22)16-14(23)15-10-4-2-3-5-12(10)17(19)20/h2-8H,1H3,(H2,15,16,23). The van der Waals surface area contributed by atoms with Crippen LogP contribution in [0.1, 0.15) is 5.56 Å². The first-order chi connectivity index (χ1) is 10.9. The lowest BCUT2D eigenvalue weighted by atomic mass is 10.2. The molecule has 118 valence electrons. The number of nitrogens with zero attached hydrogens (tertiary/aromatic N) is 2. The van der Waals surface area contributed by atoms with Crippen molar-refractivity contribution >= 4 is 40.1 Å². The van der Waals surface area contributed by atoms with Gasteiger partial charge >= 0.3 is 0 Å². The van der Waals surface area contributed by atoms with Gasteiger partial charge in [-0.1, -0.05) is 18.2 Å². The van der Waals surface area contributed by atoms with E-state index in [1.807, 2.05) is 0 Å². The molecule has 0 fully saturated rings. The number of benzene rings is 2. The van der Waals surface area contributed by atoms with Gasteiger partial charge in [-0.15, -0.1) is 0 Å². The van der Waals surface area contributed by atoms with Gasteiger partial charge in [0.1, 0.15) is 11.4 Å². The Bertz CT molecular complexity index is 794. The molecule has 2 aromatic rings. The first-order valence-electron chi connectivity index (χ1n) is 6.45. The second-order valence-corrected chi connectivity index (χ2v) is 5.04. The molecule has 0 saturated heterocycles. The van der Waals surface area contributed by atoms with Crippen LogP contribution in [0.2, 0.25) is 0 Å². The molecule has 0 aromatic heterocycles. The highest BCUT2D eigenvalue weighted by Gasteiger charge is 2.17. The van der Waals surface area contributed by atoms with Gasteiger partial charge in [-0.2, -0.15) is 0 Å². The van der Waals surface area contributed by atoms with Crippen LogP contribution in [0.15, 0.2) is 42.5 Å². The molecule has 23 heavy (non-hydrogen) atoms. The number of aryl methyl sites for hydroxylation is 1. The van der Waals surface area contributed by atoms with E-state index in [1.165, 1.54) is 30.3 Å². The first kappa shape index (κ1) is 16.3. The van der Waals surface area contributed by atoms with E-state index in [-0.39, 0.29) is 27.9 Å². The monoisotopic (exact) mass is 332 g/mol. The summed E-state index contributed by atoms with van der Waals surface area (Å²) in [4.78, 5) is 21.0. The Balaban J connectivity index is 2.21. The Morgan fingerprint density at radius 1 is 0.957 bits per heavy atom. The van der Waals surface area contributed by atoms with E-state index in [2.05, 4.69) is 10.6 Å². The van der Waals surface area contributed by atoms with Crippen molar-refractivity contribution in [2.45, 2.75) is 6.92 Å². The number of hydrogen-bond donors (Lipinski definition) is 2. The van der Waals surface area contributed by atoms with Gasteiger partial charge in [-0.25, -0.2) is 0 Å². The van der Waals surface area contributed by atoms with Gasteiger partial charge in [0.2, 0.25) is 0 Å². The third-order valence-electron chi connectivity index (χ3n) is 2.95. The second-order valence-electron chi connectivity index (χ2n) is 4.63. The van der Waals surface area contributed by atoms with Crippen LogP contribution in [0.4, 0.5) is 22.7 Å². The van der Waals surface area contributed by atoms with Gasteiger partial charge in [0.25, 0.3) is 11.4 Å². The molecular formula is C14H12N4O4S. The quantitative estimate of drug-likeness (QED) is 0.500. The van der Waals surface area contributed by atoms with Crippen LogP contribution in [-0.4, -0.2) is 15.0 Å². The maximum absolute atomic E-state index is 11.1. The third kappa shape index (κ3) is 3.98. The minimum atomic E-state index is -0.542. The molecule has 0 aliphatic carbocycles. The van der Waals surface area contributed by atoms with Crippen LogP contribution in [0, 0.1) is 27.2 Å². The Morgan fingerprint density at radius 3 is 2.13 bits per heavy atom. The molecule has 0 spiro atoms. The Hall–Kier alpha value is -3.07. The lowest BCUT2D eigenvalue weighted by Crippen LogP contribution is -2.20. The Morgan fingerprint density at radius 2 is 1.52 bits per heavy atom. The molecule has 0 radical (unpaired) electrons. The van der Waals surface area contributed by atoms with Crippen LogP contribution in [-0.2, 0) is 0 Å². The van der Waals surface area contributed by atoms with E-state index in [0.29, 0.717) is 0 Å². The summed E-state index contributed by atoms with van der Waals surface area (Å²) < 4.78 is 0. The molecule has 0 amide bonds. The number of hydrogen-bond acceptors (Lipinski definition) is 5. The highest BCUT2D eigenvalue weighted by molar-refractivity contribution is 7.80. The van der Waals surface area contributed by atoms with Crippen molar-refractivity contribution in [1.29, 1.82) is 0 Å². The SMILES string of the molecule is Cc1ccc(NC(=S)Nc2ccccc2[N+](=O)[O-])c([N+](=O)[O-])c1. The summed E-state index contributed by atoms with van der Waals surface area (Å²) in [5.41, 5.74) is 0.869. The number of para-hydroxylation sites is 2. The van der Waals surface area contributed by atoms with Gasteiger partial charge in [-0.3, -0.25) is 20.2 Å². The fourth-order valence-corrected chi connectivity index (χ4v) is 2.13. The van der Waals surface area contributed by atoms with Crippen molar-refractivity contribution in [3.8, 4) is 0 Å². The van der Waals surface area contributed by atoms with Gasteiger partial charge in [-0.05, 0) is 36.8 Å². The van der Waals surface area contributed by atoms with E-state index >= 15 is 0 Å². The van der Waals surface area contributed by atoms with E-state index in [1.54, 1.807) is 19.1 Å². The van der Waals surface area contributed by atoms with E-state index in [9.17, 15) is 20.2 Å². The fourth-order valence-electron chi connectivity index (χ4n) is 1.91. The second kappa shape index (κ2) is 6.79. The topological polar surface area (TPSA) is 110 Å². The number of nitro benzene ring substituents is 2. The zero-order valence-electron chi connectivity index (χ0n) is 12.0. The van der Waals surface area contributed by atoms with Gasteiger partial charge in [0.05, 0.1) is 9.85 Å². The number of rotatable bonds is 4. The predicted molar refractivity (Wildman–Crippen MR) is 90.8 cm³/mol. The van der Waals surface area contributed by atoms with E-state index in [4.69, 9.17) is 12.2 Å². The van der Waals surface area contributed by atoms with Crippen molar-refractivity contribution in [3.05, 3.63) is 68.3 Å². The molecule has 0 saturated carbocycles. The van der Waals surface area contributed by atoms with Crippen LogP contribution in [0.25, 0.3) is 0 Å². The van der Waals surface area contributed by atoms with Gasteiger partial charge in [0.15, 0.2) is 5.11 Å². The summed E-state index contributed by atoms with van der Waals surface area (Å²) in [6, 6.07) is 10.6. The third-order valence-corrected chi connectivity index (χ3v) is 3.15. The number of thiocarbonyl (C=S) groups is 1. The van der Waals surface area contributed by atoms with E-state index in [0.717, 1.165) is 5.56 Å². The molecular weight excluding hydrogens is 320 g/mol. The Kier molecular flexibility index (Phi) is 4.82. The van der Waals surface area contributed by atoms with Crippen molar-refractivity contribution < 1.29 is 9.85 Å². The van der Waals surface area contributed by atoms with Crippen molar-refractivity contribution in [3.63, 3.8) is 0 Å². The Labute approximate surface area is 136 Å². The molecule has 0 heterocycles. The van der Waals surface area contributed by atoms with E-state index < -0.39 is 9.85 Å². The largest absolute Gasteiger partial charge is 0.327 e. The molecule has 0 unspecified atom stereocenters. The average molecular weight is 332 g/mol. The number of anilines is 2. The zero-order valence-corrected chi connectivity index (χ0v) is 12.8.